The molecule has 0 aromatic carbocycles. The van der Waals surface area contributed by atoms with Crippen LogP contribution in [-0.4, -0.2) is 0 Å². The molecule has 1 unspecified atom stereocenters. The molecule has 0 fully saturated rings. The highest BCUT2D eigenvalue weighted by atomic mass is 14.0. The molecule has 0 heterocycles. The first-order chi connectivity index (χ1) is 3.81. The second kappa shape index (κ2) is 5.02. The van der Waals surface area contributed by atoms with E-state index in [9.17, 15) is 0 Å². The third-order valence-electron chi connectivity index (χ3n) is 1.65. The second-order valence-corrected chi connectivity index (χ2v) is 2.50. The van der Waals surface area contributed by atoms with E-state index in [1.165, 1.54) is 19.3 Å². The maximum atomic E-state index is 2.31. The third-order valence-corrected chi connectivity index (χ3v) is 1.65. The van der Waals surface area contributed by atoms with Gasteiger partial charge in [0.1, 0.15) is 0 Å². The lowest BCUT2D eigenvalue weighted by atomic mass is 10.0. The van der Waals surface area contributed by atoms with E-state index in [2.05, 4.69) is 27.2 Å². The van der Waals surface area contributed by atoms with Crippen molar-refractivity contribution < 1.29 is 0 Å². The second-order valence-electron chi connectivity index (χ2n) is 2.50. The van der Waals surface area contributed by atoms with Crippen molar-refractivity contribution in [2.24, 2.45) is 5.92 Å². The van der Waals surface area contributed by atoms with E-state index in [0.717, 1.165) is 5.92 Å². The molecule has 0 aliphatic rings. The van der Waals surface area contributed by atoms with Crippen molar-refractivity contribution in [2.45, 2.75) is 40.0 Å². The molecule has 0 radical (unpaired) electrons. The average Bonchev–Trinajstić information content (AvgIpc) is 1.83. The molecule has 0 nitrogen and oxygen atoms in total. The van der Waals surface area contributed by atoms with Gasteiger partial charge in [-0.25, -0.2) is 0 Å². The van der Waals surface area contributed by atoms with Gasteiger partial charge in [0.05, 0.1) is 19.8 Å². The zero-order valence-electron chi connectivity index (χ0n) is 6.28. The first-order valence-corrected chi connectivity index (χ1v) is 3.59. The van der Waals surface area contributed by atoms with Crippen LogP contribution in [0.4, 0.5) is 0 Å². The fourth-order valence-corrected chi connectivity index (χ4v) is 0.655. The van der Waals surface area contributed by atoms with Crippen molar-refractivity contribution in [2.75, 3.05) is 0 Å². The predicted molar refractivity (Wildman–Crippen MR) is 38.7 cm³/mol. The Morgan fingerprint density at radius 1 is 1.50 bits per heavy atom. The summed E-state index contributed by atoms with van der Waals surface area (Å²) >= 11 is 0. The van der Waals surface area contributed by atoms with Crippen LogP contribution in [0.3, 0.4) is 0 Å². The number of hydrogen-bond acceptors (Lipinski definition) is 0. The molecule has 0 N–H and O–H groups in total. The minimum atomic E-state index is 0.922. The van der Waals surface area contributed by atoms with Crippen LogP contribution in [0, 0.1) is 12.3 Å². The van der Waals surface area contributed by atoms with Crippen molar-refractivity contribution in [1.82, 2.24) is 0 Å². The molecule has 0 saturated heterocycles. The molecule has 0 aromatic rings. The Morgan fingerprint density at radius 2 is 2.12 bits per heavy atom. The largest absolute Gasteiger partial charge is 0.0875 e. The minimum Gasteiger partial charge on any atom is -0.0651 e. The van der Waals surface area contributed by atoms with Crippen LogP contribution in [0.2, 0.25) is 0 Å². The van der Waals surface area contributed by atoms with Gasteiger partial charge in [0.2, 0.25) is 0 Å². The summed E-state index contributed by atoms with van der Waals surface area (Å²) in [6, 6.07) is 0. The molecule has 0 heteroatoms. The number of unbranched alkanes of at least 4 members (excludes halogenated alkanes) is 1. The Morgan fingerprint density at radius 3 is 2.50 bits per heavy atom. The van der Waals surface area contributed by atoms with Crippen molar-refractivity contribution in [3.8, 4) is 0 Å². The summed E-state index contributed by atoms with van der Waals surface area (Å²) in [6.07, 6.45) is 6.22. The van der Waals surface area contributed by atoms with Crippen molar-refractivity contribution in [3.05, 3.63) is 6.42 Å². The molecule has 0 spiro atoms. The summed E-state index contributed by atoms with van der Waals surface area (Å²) < 4.78 is 0. The maximum absolute atomic E-state index is 2.31. The zero-order chi connectivity index (χ0) is 6.41. The van der Waals surface area contributed by atoms with E-state index in [0.29, 0.717) is 0 Å². The summed E-state index contributed by atoms with van der Waals surface area (Å²) in [6.45, 7) is 6.69. The van der Waals surface area contributed by atoms with E-state index in [-0.39, 0.29) is 0 Å². The van der Waals surface area contributed by atoms with Crippen LogP contribution in [0.5, 0.6) is 0 Å². The Bertz CT molecular complexity index is 39.3. The highest BCUT2D eigenvalue weighted by Crippen LogP contribution is 2.09. The van der Waals surface area contributed by atoms with Gasteiger partial charge in [-0.15, -0.1) is 0 Å². The fraction of sp³-hybridized carbons (Fsp3) is 0.875. The van der Waals surface area contributed by atoms with Crippen LogP contribution in [0.15, 0.2) is 0 Å². The molecule has 48 valence electrons. The van der Waals surface area contributed by atoms with Crippen molar-refractivity contribution in [1.29, 1.82) is 0 Å². The Kier molecular flexibility index (Phi) is 4.93. The smallest absolute Gasteiger partial charge is 0.0651 e. The van der Waals surface area contributed by atoms with E-state index < -0.39 is 0 Å². The molecule has 0 rings (SSSR count). The highest BCUT2D eigenvalue weighted by Gasteiger charge is 1.98. The summed E-state index contributed by atoms with van der Waals surface area (Å²) in [5.74, 6) is 0.922. The first kappa shape index (κ1) is 7.87. The average molecular weight is 113 g/mol. The van der Waals surface area contributed by atoms with Gasteiger partial charge in [-0.05, 0) is 12.3 Å². The maximum Gasteiger partial charge on any atom is 0.0875 e. The van der Waals surface area contributed by atoms with E-state index in [1.807, 2.05) is 0 Å². The van der Waals surface area contributed by atoms with Gasteiger partial charge < -0.3 is 0 Å². The monoisotopic (exact) mass is 113 g/mol. The van der Waals surface area contributed by atoms with Crippen LogP contribution in [0.25, 0.3) is 0 Å². The van der Waals surface area contributed by atoms with E-state index in [4.69, 9.17) is 0 Å². The van der Waals surface area contributed by atoms with Crippen molar-refractivity contribution in [3.63, 3.8) is 0 Å². The molecule has 1 atom stereocenters. The quantitative estimate of drug-likeness (QED) is 0.491. The zero-order valence-corrected chi connectivity index (χ0v) is 6.28. The normalized spacial score (nSPS) is 13.4. The van der Waals surface area contributed by atoms with Crippen LogP contribution in [-0.2, 0) is 0 Å². The Hall–Kier alpha value is -0.130. The fourth-order valence-electron chi connectivity index (χ4n) is 0.655. The molecular formula is C8H17+. The predicted octanol–water partition coefficient (Wildman–Crippen LogP) is 3.04. The molecule has 0 amide bonds. The van der Waals surface area contributed by atoms with Gasteiger partial charge >= 0.3 is 0 Å². The molecule has 0 aliphatic carbocycles. The van der Waals surface area contributed by atoms with E-state index >= 15 is 0 Å². The van der Waals surface area contributed by atoms with Crippen LogP contribution in [0.1, 0.15) is 40.0 Å². The number of hydrogen-bond donors (Lipinski definition) is 0. The van der Waals surface area contributed by atoms with Crippen molar-refractivity contribution >= 4 is 0 Å². The third kappa shape index (κ3) is 4.04. The molecule has 0 saturated carbocycles. The number of rotatable bonds is 4. The lowest BCUT2D eigenvalue weighted by Crippen LogP contribution is -1.90. The first-order valence-electron chi connectivity index (χ1n) is 3.59. The Balaban J connectivity index is 2.86. The molecule has 0 aliphatic heterocycles. The topological polar surface area (TPSA) is 0 Å². The molecule has 0 bridgehead atoms. The van der Waals surface area contributed by atoms with Gasteiger partial charge in [0.25, 0.3) is 0 Å². The molecule has 8 heavy (non-hydrogen) atoms. The lowest BCUT2D eigenvalue weighted by molar-refractivity contribution is 0.514. The Labute approximate surface area is 53.3 Å². The standard InChI is InChI=1S/C8H17/c1-4-6-7-8(3)5-2/h4,8H,5-7H2,1-3H3/q+1. The van der Waals surface area contributed by atoms with Gasteiger partial charge in [0, 0.05) is 0 Å². The lowest BCUT2D eigenvalue weighted by Gasteiger charge is -2.01. The summed E-state index contributed by atoms with van der Waals surface area (Å²) in [4.78, 5) is 0. The molecule has 0 aromatic heterocycles. The van der Waals surface area contributed by atoms with Gasteiger partial charge in [-0.2, -0.15) is 0 Å². The summed E-state index contributed by atoms with van der Waals surface area (Å²) in [7, 11) is 0. The van der Waals surface area contributed by atoms with Gasteiger partial charge in [0.15, 0.2) is 0 Å². The van der Waals surface area contributed by atoms with E-state index in [1.54, 1.807) is 0 Å². The van der Waals surface area contributed by atoms with Gasteiger partial charge in [-0.3, -0.25) is 0 Å². The molecular weight excluding hydrogens is 96.1 g/mol. The van der Waals surface area contributed by atoms with Crippen LogP contribution >= 0.6 is 0 Å². The van der Waals surface area contributed by atoms with Gasteiger partial charge in [-0.1, -0.05) is 20.3 Å². The highest BCUT2D eigenvalue weighted by molar-refractivity contribution is 4.58. The SMILES string of the molecule is C[CH+]CCC(C)CC. The minimum absolute atomic E-state index is 0.922. The van der Waals surface area contributed by atoms with Crippen LogP contribution < -0.4 is 0 Å². The summed E-state index contributed by atoms with van der Waals surface area (Å²) in [5.41, 5.74) is 0. The summed E-state index contributed by atoms with van der Waals surface area (Å²) in [5, 5.41) is 0.